The molecular weight excluding hydrogens is 234 g/mol. The summed E-state index contributed by atoms with van der Waals surface area (Å²) >= 11 is 0. The molecule has 3 nitrogen and oxygen atoms in total. The van der Waals surface area contributed by atoms with E-state index < -0.39 is 0 Å². The highest BCUT2D eigenvalue weighted by Gasteiger charge is 2.28. The number of nitrogens with one attached hydrogen (secondary N) is 1. The molecule has 0 saturated heterocycles. The Bertz CT molecular complexity index is 627. The number of aromatic nitrogens is 2. The molecule has 2 aromatic rings. The molecule has 1 aliphatic carbocycles. The lowest BCUT2D eigenvalue weighted by Gasteiger charge is -2.31. The second kappa shape index (κ2) is 4.20. The fourth-order valence-corrected chi connectivity index (χ4v) is 3.49. The molecule has 1 unspecified atom stereocenters. The lowest BCUT2D eigenvalue weighted by Crippen LogP contribution is -2.27. The Balaban J connectivity index is 1.63. The average molecular weight is 253 g/mol. The molecule has 0 saturated carbocycles. The third-order valence-corrected chi connectivity index (χ3v) is 4.54. The summed E-state index contributed by atoms with van der Waals surface area (Å²) in [6.45, 7) is 5.26. The summed E-state index contributed by atoms with van der Waals surface area (Å²) in [5.74, 6) is 1.86. The number of aryl methyl sites for hydroxylation is 1. The van der Waals surface area contributed by atoms with Crippen LogP contribution < -0.4 is 5.32 Å². The van der Waals surface area contributed by atoms with Gasteiger partial charge in [-0.25, -0.2) is 4.98 Å². The van der Waals surface area contributed by atoms with Crippen LogP contribution in [0.3, 0.4) is 0 Å². The molecule has 98 valence electrons. The van der Waals surface area contributed by atoms with E-state index in [1.165, 1.54) is 29.2 Å². The first-order valence-corrected chi connectivity index (χ1v) is 7.16. The van der Waals surface area contributed by atoms with E-state index in [4.69, 9.17) is 4.98 Å². The Morgan fingerprint density at radius 3 is 3.16 bits per heavy atom. The van der Waals surface area contributed by atoms with Gasteiger partial charge in [-0.2, -0.15) is 0 Å². The third kappa shape index (κ3) is 1.72. The summed E-state index contributed by atoms with van der Waals surface area (Å²) < 4.78 is 2.46. The fourth-order valence-electron chi connectivity index (χ4n) is 3.49. The van der Waals surface area contributed by atoms with E-state index in [9.17, 15) is 0 Å². The van der Waals surface area contributed by atoms with Crippen LogP contribution in [-0.2, 0) is 25.9 Å². The normalized spacial score (nSPS) is 20.6. The summed E-state index contributed by atoms with van der Waals surface area (Å²) in [5, 5.41) is 3.40. The number of hydrogen-bond donors (Lipinski definition) is 1. The quantitative estimate of drug-likeness (QED) is 0.889. The van der Waals surface area contributed by atoms with Gasteiger partial charge < -0.3 is 9.88 Å². The van der Waals surface area contributed by atoms with Crippen LogP contribution in [0.15, 0.2) is 24.3 Å². The minimum absolute atomic E-state index is 0.683. The molecule has 4 rings (SSSR count). The van der Waals surface area contributed by atoms with Gasteiger partial charge in [0.05, 0.1) is 5.69 Å². The Morgan fingerprint density at radius 2 is 2.26 bits per heavy atom. The highest BCUT2D eigenvalue weighted by atomic mass is 15.1. The summed E-state index contributed by atoms with van der Waals surface area (Å²) in [6, 6.07) is 8.84. The molecule has 1 aromatic heterocycles. The highest BCUT2D eigenvalue weighted by molar-refractivity contribution is 5.40. The van der Waals surface area contributed by atoms with Gasteiger partial charge in [-0.05, 0) is 24.5 Å². The minimum atomic E-state index is 0.683. The van der Waals surface area contributed by atoms with Crippen molar-refractivity contribution in [2.24, 2.45) is 0 Å². The lowest BCUT2D eigenvalue weighted by atomic mass is 9.77. The zero-order valence-corrected chi connectivity index (χ0v) is 11.3. The van der Waals surface area contributed by atoms with Gasteiger partial charge in [0.1, 0.15) is 5.82 Å². The van der Waals surface area contributed by atoms with Crippen LogP contribution in [0.25, 0.3) is 0 Å². The fraction of sp³-hybridized carbons (Fsp3) is 0.438. The van der Waals surface area contributed by atoms with Gasteiger partial charge >= 0.3 is 0 Å². The van der Waals surface area contributed by atoms with Crippen molar-refractivity contribution in [3.63, 3.8) is 0 Å². The van der Waals surface area contributed by atoms with Crippen LogP contribution in [0.1, 0.15) is 34.3 Å². The third-order valence-electron chi connectivity index (χ3n) is 4.54. The molecule has 0 amide bonds. The van der Waals surface area contributed by atoms with Crippen molar-refractivity contribution in [1.82, 2.24) is 14.9 Å². The number of benzene rings is 1. The zero-order chi connectivity index (χ0) is 12.8. The van der Waals surface area contributed by atoms with Crippen LogP contribution in [0.4, 0.5) is 0 Å². The van der Waals surface area contributed by atoms with Crippen LogP contribution in [0, 0.1) is 6.92 Å². The maximum Gasteiger partial charge on any atom is 0.106 e. The molecule has 3 heteroatoms. The van der Waals surface area contributed by atoms with Crippen molar-refractivity contribution in [1.29, 1.82) is 0 Å². The minimum Gasteiger partial charge on any atom is -0.331 e. The Hall–Kier alpha value is -1.61. The second-order valence-electron chi connectivity index (χ2n) is 5.69. The van der Waals surface area contributed by atoms with Crippen molar-refractivity contribution in [3.8, 4) is 0 Å². The molecular formula is C16H19N3. The highest BCUT2D eigenvalue weighted by Crippen LogP contribution is 2.36. The van der Waals surface area contributed by atoms with E-state index in [1.807, 2.05) is 0 Å². The molecule has 1 aromatic carbocycles. The maximum absolute atomic E-state index is 4.72. The van der Waals surface area contributed by atoms with Gasteiger partial charge in [0.15, 0.2) is 0 Å². The van der Waals surface area contributed by atoms with Crippen LogP contribution in [0.2, 0.25) is 0 Å². The molecule has 0 bridgehead atoms. The molecule has 0 radical (unpaired) electrons. The molecule has 19 heavy (non-hydrogen) atoms. The maximum atomic E-state index is 4.72. The number of fused-ring (bicyclic) bond motifs is 2. The zero-order valence-electron chi connectivity index (χ0n) is 11.3. The lowest BCUT2D eigenvalue weighted by molar-refractivity contribution is 0.482. The molecule has 1 aliphatic heterocycles. The van der Waals surface area contributed by atoms with Crippen LogP contribution in [0.5, 0.6) is 0 Å². The molecule has 2 aliphatic rings. The predicted octanol–water partition coefficient (Wildman–Crippen LogP) is 2.18. The first kappa shape index (κ1) is 11.2. The largest absolute Gasteiger partial charge is 0.331 e. The van der Waals surface area contributed by atoms with Crippen LogP contribution >= 0.6 is 0 Å². The van der Waals surface area contributed by atoms with Gasteiger partial charge in [-0.3, -0.25) is 0 Å². The van der Waals surface area contributed by atoms with Gasteiger partial charge in [-0.15, -0.1) is 0 Å². The Labute approximate surface area is 113 Å². The summed E-state index contributed by atoms with van der Waals surface area (Å²) in [7, 11) is 0. The smallest absolute Gasteiger partial charge is 0.106 e. The number of hydrogen-bond acceptors (Lipinski definition) is 2. The molecule has 0 fully saturated rings. The van der Waals surface area contributed by atoms with E-state index in [0.717, 1.165) is 26.1 Å². The topological polar surface area (TPSA) is 29.9 Å². The van der Waals surface area contributed by atoms with E-state index >= 15 is 0 Å². The second-order valence-corrected chi connectivity index (χ2v) is 5.69. The average Bonchev–Trinajstić information content (AvgIpc) is 2.72. The predicted molar refractivity (Wildman–Crippen MR) is 75.3 cm³/mol. The van der Waals surface area contributed by atoms with Crippen molar-refractivity contribution >= 4 is 0 Å². The number of rotatable bonds is 2. The Kier molecular flexibility index (Phi) is 2.49. The summed E-state index contributed by atoms with van der Waals surface area (Å²) in [4.78, 5) is 4.72. The van der Waals surface area contributed by atoms with Crippen molar-refractivity contribution in [2.75, 3.05) is 6.54 Å². The molecule has 1 atom stereocenters. The molecule has 1 N–H and O–H groups in total. The standard InChI is InChI=1S/C16H19N3/c1-11-18-15-9-17-7-6-16(15)19(11)10-13-8-12-4-2-3-5-14(12)13/h2-5,13,17H,6-10H2,1H3. The first-order valence-electron chi connectivity index (χ1n) is 7.16. The van der Waals surface area contributed by atoms with E-state index in [-0.39, 0.29) is 0 Å². The van der Waals surface area contributed by atoms with Gasteiger partial charge in [-0.1, -0.05) is 24.3 Å². The summed E-state index contributed by atoms with van der Waals surface area (Å²) in [6.07, 6.45) is 2.34. The number of imidazole rings is 1. The SMILES string of the molecule is Cc1nc2c(n1CC1Cc3ccccc31)CCNC2. The molecule has 0 spiro atoms. The first-order chi connectivity index (χ1) is 9.33. The van der Waals surface area contributed by atoms with Gasteiger partial charge in [0.25, 0.3) is 0 Å². The van der Waals surface area contributed by atoms with E-state index in [2.05, 4.69) is 41.1 Å². The molecule has 2 heterocycles. The summed E-state index contributed by atoms with van der Waals surface area (Å²) in [5.41, 5.74) is 5.79. The van der Waals surface area contributed by atoms with Crippen molar-refractivity contribution in [3.05, 3.63) is 52.6 Å². The van der Waals surface area contributed by atoms with E-state index in [0.29, 0.717) is 5.92 Å². The van der Waals surface area contributed by atoms with Crippen molar-refractivity contribution < 1.29 is 0 Å². The number of nitrogens with zero attached hydrogens (tertiary/aromatic N) is 2. The van der Waals surface area contributed by atoms with Crippen LogP contribution in [-0.4, -0.2) is 16.1 Å². The van der Waals surface area contributed by atoms with Crippen molar-refractivity contribution in [2.45, 2.75) is 38.8 Å². The van der Waals surface area contributed by atoms with Gasteiger partial charge in [0, 0.05) is 37.7 Å². The monoisotopic (exact) mass is 253 g/mol. The van der Waals surface area contributed by atoms with Gasteiger partial charge in [0.2, 0.25) is 0 Å². The van der Waals surface area contributed by atoms with E-state index in [1.54, 1.807) is 5.56 Å². The Morgan fingerprint density at radius 1 is 1.37 bits per heavy atom.